The Morgan fingerprint density at radius 1 is 0.837 bits per heavy atom. The molecule has 0 radical (unpaired) electrons. The van der Waals surface area contributed by atoms with Crippen molar-refractivity contribution in [2.75, 3.05) is 56.3 Å². The molecule has 1 aromatic heterocycles. The molecule has 5 rings (SSSR count). The highest BCUT2D eigenvalue weighted by molar-refractivity contribution is 5.71. The van der Waals surface area contributed by atoms with Crippen molar-refractivity contribution in [2.45, 2.75) is 31.3 Å². The minimum Gasteiger partial charge on any atom is -0.502 e. The van der Waals surface area contributed by atoms with Crippen LogP contribution in [-0.4, -0.2) is 72.3 Å². The van der Waals surface area contributed by atoms with Crippen molar-refractivity contribution >= 4 is 5.97 Å². The lowest BCUT2D eigenvalue weighted by molar-refractivity contribution is -0.140. The van der Waals surface area contributed by atoms with E-state index in [0.717, 1.165) is 16.7 Å². The largest absolute Gasteiger partial charge is 0.502 e. The van der Waals surface area contributed by atoms with Gasteiger partial charge in [0.2, 0.25) is 16.9 Å². The van der Waals surface area contributed by atoms with E-state index in [1.54, 1.807) is 66.9 Å². The van der Waals surface area contributed by atoms with Gasteiger partial charge in [-0.25, -0.2) is 0 Å². The molecule has 0 amide bonds. The van der Waals surface area contributed by atoms with Crippen LogP contribution in [0.5, 0.6) is 40.2 Å². The van der Waals surface area contributed by atoms with Crippen molar-refractivity contribution in [2.24, 2.45) is 0 Å². The summed E-state index contributed by atoms with van der Waals surface area (Å²) in [6, 6.07) is 15.5. The predicted octanol–water partition coefficient (Wildman–Crippen LogP) is 5.24. The molecule has 0 spiro atoms. The molecule has 1 N–H and O–H groups in total. The second-order valence-corrected chi connectivity index (χ2v) is 11.4. The van der Waals surface area contributed by atoms with Crippen molar-refractivity contribution in [3.05, 3.63) is 98.6 Å². The molecule has 1 aliphatic heterocycles. The van der Waals surface area contributed by atoms with Crippen LogP contribution in [0.15, 0.2) is 63.8 Å². The highest BCUT2D eigenvalue weighted by atomic mass is 16.5. The van der Waals surface area contributed by atoms with Crippen molar-refractivity contribution < 1.29 is 47.5 Å². The standard InChI is InChI=1S/C37H41NO11/c1-42-24-10-8-21(9-11-24)27(19-33(40)47-6)36-35(41)28(39)17-25(49-36)20-38-13-12-22-14-29(43-2)30(44-3)18-26(22)34(38)23-15-31(45-4)37(48-7)32(16-23)46-5/h8-11,14-18,27,34,41H,12-13,19-20H2,1-7H3/t27-,34-/m0/s1. The molecule has 0 fully saturated rings. The van der Waals surface area contributed by atoms with Crippen molar-refractivity contribution in [1.82, 2.24) is 4.90 Å². The molecule has 12 heteroatoms. The Bertz CT molecular complexity index is 1830. The maximum atomic E-state index is 13.3. The maximum absolute atomic E-state index is 13.3. The summed E-state index contributed by atoms with van der Waals surface area (Å²) in [6.07, 6.45) is 0.484. The molecule has 0 unspecified atom stereocenters. The number of carbonyl (C=O) groups excluding carboxylic acids is 1. The summed E-state index contributed by atoms with van der Waals surface area (Å²) in [5.74, 6) is 1.53. The summed E-state index contributed by atoms with van der Waals surface area (Å²) in [6.45, 7) is 0.735. The first-order valence-electron chi connectivity index (χ1n) is 15.5. The molecule has 2 heterocycles. The predicted molar refractivity (Wildman–Crippen MR) is 180 cm³/mol. The summed E-state index contributed by atoms with van der Waals surface area (Å²) in [5, 5.41) is 11.0. The molecule has 12 nitrogen and oxygen atoms in total. The summed E-state index contributed by atoms with van der Waals surface area (Å²) >= 11 is 0. The lowest BCUT2D eigenvalue weighted by Gasteiger charge is -2.38. The summed E-state index contributed by atoms with van der Waals surface area (Å²) in [5.41, 5.74) is 2.82. The first-order valence-corrected chi connectivity index (χ1v) is 15.5. The zero-order valence-corrected chi connectivity index (χ0v) is 28.7. The first kappa shape index (κ1) is 35.0. The number of rotatable bonds is 13. The summed E-state index contributed by atoms with van der Waals surface area (Å²) in [7, 11) is 10.7. The minimum absolute atomic E-state index is 0.0359. The van der Waals surface area contributed by atoms with Gasteiger partial charge in [-0.1, -0.05) is 12.1 Å². The molecule has 3 aromatic carbocycles. The van der Waals surface area contributed by atoms with Crippen LogP contribution in [0.3, 0.4) is 0 Å². The van der Waals surface area contributed by atoms with Gasteiger partial charge in [0.05, 0.1) is 74.7 Å². The molecule has 0 aliphatic carbocycles. The van der Waals surface area contributed by atoms with Gasteiger partial charge in [-0.2, -0.15) is 0 Å². The van der Waals surface area contributed by atoms with E-state index in [1.165, 1.54) is 13.2 Å². The van der Waals surface area contributed by atoms with E-state index in [-0.39, 0.29) is 18.7 Å². The van der Waals surface area contributed by atoms with Crippen molar-refractivity contribution in [1.29, 1.82) is 0 Å². The molecule has 49 heavy (non-hydrogen) atoms. The lowest BCUT2D eigenvalue weighted by Crippen LogP contribution is -2.36. The number of carbonyl (C=O) groups is 1. The van der Waals surface area contributed by atoms with E-state index in [9.17, 15) is 14.7 Å². The zero-order chi connectivity index (χ0) is 35.2. The number of esters is 1. The Hall–Kier alpha value is -5.36. The molecule has 0 saturated heterocycles. The van der Waals surface area contributed by atoms with Gasteiger partial charge in [0.25, 0.3) is 0 Å². The maximum Gasteiger partial charge on any atom is 0.306 e. The molecule has 260 valence electrons. The zero-order valence-electron chi connectivity index (χ0n) is 28.7. The molecule has 2 atom stereocenters. The topological polar surface area (TPSA) is 135 Å². The fourth-order valence-corrected chi connectivity index (χ4v) is 6.34. The van der Waals surface area contributed by atoms with Gasteiger partial charge in [0.15, 0.2) is 28.8 Å². The normalized spacial score (nSPS) is 14.7. The van der Waals surface area contributed by atoms with Gasteiger partial charge in [-0.3, -0.25) is 14.5 Å². The number of nitrogens with zero attached hydrogens (tertiary/aromatic N) is 1. The number of methoxy groups -OCH3 is 7. The number of hydrogen-bond donors (Lipinski definition) is 1. The second-order valence-electron chi connectivity index (χ2n) is 11.4. The molecule has 4 aromatic rings. The Balaban J connectivity index is 1.64. The molecular formula is C37H41NO11. The summed E-state index contributed by atoms with van der Waals surface area (Å²) in [4.78, 5) is 28.0. The highest BCUT2D eigenvalue weighted by Gasteiger charge is 2.34. The first-order chi connectivity index (χ1) is 23.7. The third kappa shape index (κ3) is 7.09. The van der Waals surface area contributed by atoms with E-state index in [1.807, 2.05) is 24.3 Å². The number of ether oxygens (including phenoxy) is 7. The van der Waals surface area contributed by atoms with Gasteiger partial charge in [-0.15, -0.1) is 0 Å². The van der Waals surface area contributed by atoms with Crippen LogP contribution in [0.1, 0.15) is 52.2 Å². The second kappa shape index (κ2) is 15.2. The average Bonchev–Trinajstić information content (AvgIpc) is 3.13. The Morgan fingerprint density at radius 3 is 2.04 bits per heavy atom. The van der Waals surface area contributed by atoms with E-state index in [4.69, 9.17) is 37.6 Å². The average molecular weight is 676 g/mol. The minimum atomic E-state index is -0.810. The number of fused-ring (bicyclic) bond motifs is 1. The van der Waals surface area contributed by atoms with E-state index in [0.29, 0.717) is 58.8 Å². The van der Waals surface area contributed by atoms with Crippen LogP contribution in [0, 0.1) is 0 Å². The lowest BCUT2D eigenvalue weighted by atomic mass is 9.87. The fraction of sp³-hybridized carbons (Fsp3) is 0.351. The van der Waals surface area contributed by atoms with Crippen LogP contribution in [0.25, 0.3) is 0 Å². The number of benzene rings is 3. The van der Waals surface area contributed by atoms with Gasteiger partial charge < -0.3 is 42.7 Å². The van der Waals surface area contributed by atoms with Crippen molar-refractivity contribution in [3.63, 3.8) is 0 Å². The molecule has 0 bridgehead atoms. The smallest absolute Gasteiger partial charge is 0.306 e. The molecule has 0 saturated carbocycles. The summed E-state index contributed by atoms with van der Waals surface area (Å²) < 4.78 is 44.9. The van der Waals surface area contributed by atoms with Gasteiger partial charge in [0, 0.05) is 12.6 Å². The number of aromatic hydroxyl groups is 1. The SMILES string of the molecule is COC(=O)C[C@@H](c1ccc(OC)cc1)c1oc(CN2CCc3cc(OC)c(OC)cc3[C@@H]2c2cc(OC)c(OC)c(OC)c2)cc(=O)c1O. The Labute approximate surface area is 284 Å². The molecule has 1 aliphatic rings. The van der Waals surface area contributed by atoms with Crippen LogP contribution >= 0.6 is 0 Å². The van der Waals surface area contributed by atoms with Crippen LogP contribution in [-0.2, 0) is 22.5 Å². The number of hydrogen-bond acceptors (Lipinski definition) is 12. The third-order valence-electron chi connectivity index (χ3n) is 8.77. The van der Waals surface area contributed by atoms with E-state index >= 15 is 0 Å². The Morgan fingerprint density at radius 2 is 1.47 bits per heavy atom. The van der Waals surface area contributed by atoms with Gasteiger partial charge in [0.1, 0.15) is 11.5 Å². The van der Waals surface area contributed by atoms with Crippen LogP contribution < -0.4 is 33.8 Å². The molecular weight excluding hydrogens is 634 g/mol. The highest BCUT2D eigenvalue weighted by Crippen LogP contribution is 2.46. The Kier molecular flexibility index (Phi) is 10.9. The van der Waals surface area contributed by atoms with Crippen molar-refractivity contribution in [3.8, 4) is 40.2 Å². The van der Waals surface area contributed by atoms with E-state index < -0.39 is 29.1 Å². The quantitative estimate of drug-likeness (QED) is 0.186. The van der Waals surface area contributed by atoms with Gasteiger partial charge in [-0.05, 0) is 65.1 Å². The van der Waals surface area contributed by atoms with Crippen LogP contribution in [0.4, 0.5) is 0 Å². The monoisotopic (exact) mass is 675 g/mol. The van der Waals surface area contributed by atoms with E-state index in [2.05, 4.69) is 4.90 Å². The fourth-order valence-electron chi connectivity index (χ4n) is 6.34. The van der Waals surface area contributed by atoms with Gasteiger partial charge >= 0.3 is 5.97 Å². The third-order valence-corrected chi connectivity index (χ3v) is 8.77. The van der Waals surface area contributed by atoms with Crippen LogP contribution in [0.2, 0.25) is 0 Å².